The van der Waals surface area contributed by atoms with Gasteiger partial charge >= 0.3 is 0 Å². The van der Waals surface area contributed by atoms with E-state index < -0.39 is 0 Å². The zero-order valence-corrected chi connectivity index (χ0v) is 10.9. The van der Waals surface area contributed by atoms with Crippen LogP contribution in [-0.2, 0) is 6.54 Å². The maximum atomic E-state index is 9.76. The molecule has 0 aromatic heterocycles. The zero-order valence-electron chi connectivity index (χ0n) is 10.9. The minimum atomic E-state index is -0.199. The summed E-state index contributed by atoms with van der Waals surface area (Å²) in [4.78, 5) is 0. The molecule has 2 heteroatoms. The van der Waals surface area contributed by atoms with Crippen LogP contribution < -0.4 is 5.32 Å². The fraction of sp³-hybridized carbons (Fsp3) is 0.600. The summed E-state index contributed by atoms with van der Waals surface area (Å²) in [6.45, 7) is 3.74. The predicted octanol–water partition coefficient (Wildman–Crippen LogP) is 3.11. The van der Waals surface area contributed by atoms with Crippen LogP contribution in [0.2, 0.25) is 0 Å². The van der Waals surface area contributed by atoms with Crippen molar-refractivity contribution >= 4 is 0 Å². The molecule has 2 nitrogen and oxygen atoms in total. The van der Waals surface area contributed by atoms with E-state index in [-0.39, 0.29) is 6.10 Å². The van der Waals surface area contributed by atoms with Gasteiger partial charge in [0.25, 0.3) is 0 Å². The Balaban J connectivity index is 2.02. The van der Waals surface area contributed by atoms with Gasteiger partial charge < -0.3 is 10.4 Å². The van der Waals surface area contributed by atoms with Crippen LogP contribution in [0.15, 0.2) is 30.3 Å². The Morgan fingerprint density at radius 1 is 1.12 bits per heavy atom. The smallest absolute Gasteiger partial charge is 0.0664 e. The van der Waals surface area contributed by atoms with Crippen LogP contribution in [0.4, 0.5) is 0 Å². The first-order valence-corrected chi connectivity index (χ1v) is 6.75. The number of benzene rings is 1. The summed E-state index contributed by atoms with van der Waals surface area (Å²) in [5.41, 5.74) is 1.27. The molecule has 0 bridgehead atoms. The van der Waals surface area contributed by atoms with E-state index in [4.69, 9.17) is 0 Å². The molecule has 0 heterocycles. The maximum Gasteiger partial charge on any atom is 0.0664 e. The Bertz CT molecular complexity index is 274. The zero-order chi connectivity index (χ0) is 12.3. The van der Waals surface area contributed by atoms with Crippen molar-refractivity contribution in [2.75, 3.05) is 6.54 Å². The van der Waals surface area contributed by atoms with E-state index >= 15 is 0 Å². The average Bonchev–Trinajstić information content (AvgIpc) is 2.36. The highest BCUT2D eigenvalue weighted by Gasteiger charge is 2.02. The molecule has 1 rings (SSSR count). The van der Waals surface area contributed by atoms with Crippen molar-refractivity contribution in [3.63, 3.8) is 0 Å². The van der Waals surface area contributed by atoms with Crippen LogP contribution in [-0.4, -0.2) is 17.8 Å². The first-order valence-electron chi connectivity index (χ1n) is 6.75. The number of rotatable bonds is 9. The third-order valence-corrected chi connectivity index (χ3v) is 2.94. The van der Waals surface area contributed by atoms with Crippen molar-refractivity contribution in [2.24, 2.45) is 0 Å². The minimum Gasteiger partial charge on any atom is -0.392 e. The monoisotopic (exact) mass is 235 g/mol. The lowest BCUT2D eigenvalue weighted by molar-refractivity contribution is 0.157. The molecule has 0 amide bonds. The summed E-state index contributed by atoms with van der Waals surface area (Å²) in [5.74, 6) is 0. The molecular weight excluding hydrogens is 210 g/mol. The second-order valence-corrected chi connectivity index (χ2v) is 4.62. The summed E-state index contributed by atoms with van der Waals surface area (Å²) in [5, 5.41) is 13.1. The maximum absolute atomic E-state index is 9.76. The van der Waals surface area contributed by atoms with Crippen molar-refractivity contribution in [1.82, 2.24) is 5.32 Å². The van der Waals surface area contributed by atoms with E-state index in [1.165, 1.54) is 24.8 Å². The molecule has 1 atom stereocenters. The number of hydrogen-bond donors (Lipinski definition) is 2. The molecule has 0 aliphatic carbocycles. The second-order valence-electron chi connectivity index (χ2n) is 4.62. The van der Waals surface area contributed by atoms with Gasteiger partial charge in [0, 0.05) is 13.1 Å². The van der Waals surface area contributed by atoms with Gasteiger partial charge in [-0.15, -0.1) is 0 Å². The Morgan fingerprint density at radius 3 is 2.59 bits per heavy atom. The SMILES string of the molecule is CCCCCCC(O)CNCc1ccccc1. The summed E-state index contributed by atoms with van der Waals surface area (Å²) >= 11 is 0. The normalized spacial score (nSPS) is 12.6. The van der Waals surface area contributed by atoms with Gasteiger partial charge in [-0.25, -0.2) is 0 Å². The number of aliphatic hydroxyl groups excluding tert-OH is 1. The highest BCUT2D eigenvalue weighted by Crippen LogP contribution is 2.05. The lowest BCUT2D eigenvalue weighted by Crippen LogP contribution is -2.26. The topological polar surface area (TPSA) is 32.3 Å². The Hall–Kier alpha value is -0.860. The average molecular weight is 235 g/mol. The molecule has 0 saturated carbocycles. The summed E-state index contributed by atoms with van der Waals surface area (Å²) in [6, 6.07) is 10.3. The molecule has 17 heavy (non-hydrogen) atoms. The van der Waals surface area contributed by atoms with E-state index in [1.54, 1.807) is 0 Å². The van der Waals surface area contributed by atoms with E-state index in [0.717, 1.165) is 19.4 Å². The van der Waals surface area contributed by atoms with Crippen molar-refractivity contribution in [1.29, 1.82) is 0 Å². The minimum absolute atomic E-state index is 0.199. The largest absolute Gasteiger partial charge is 0.392 e. The lowest BCUT2D eigenvalue weighted by Gasteiger charge is -2.11. The highest BCUT2D eigenvalue weighted by atomic mass is 16.3. The fourth-order valence-electron chi connectivity index (χ4n) is 1.89. The first kappa shape index (κ1) is 14.2. The van der Waals surface area contributed by atoms with Crippen LogP contribution >= 0.6 is 0 Å². The molecule has 0 fully saturated rings. The van der Waals surface area contributed by atoms with Crippen LogP contribution in [0.3, 0.4) is 0 Å². The molecule has 1 aromatic carbocycles. The molecule has 1 unspecified atom stereocenters. The third kappa shape index (κ3) is 7.14. The van der Waals surface area contributed by atoms with Crippen LogP contribution in [0.1, 0.15) is 44.6 Å². The molecule has 0 saturated heterocycles. The van der Waals surface area contributed by atoms with Gasteiger partial charge in [0.15, 0.2) is 0 Å². The van der Waals surface area contributed by atoms with Gasteiger partial charge in [0.1, 0.15) is 0 Å². The molecule has 0 radical (unpaired) electrons. The summed E-state index contributed by atoms with van der Waals surface area (Å²) in [7, 11) is 0. The van der Waals surface area contributed by atoms with Gasteiger partial charge in [-0.3, -0.25) is 0 Å². The molecule has 96 valence electrons. The standard InChI is InChI=1S/C15H25NO/c1-2-3-4-8-11-15(17)13-16-12-14-9-6-5-7-10-14/h5-7,9-10,15-17H,2-4,8,11-13H2,1H3. The molecule has 0 spiro atoms. The lowest BCUT2D eigenvalue weighted by atomic mass is 10.1. The third-order valence-electron chi connectivity index (χ3n) is 2.94. The quantitative estimate of drug-likeness (QED) is 0.645. The Morgan fingerprint density at radius 2 is 1.88 bits per heavy atom. The molecular formula is C15H25NO. The molecule has 0 aliphatic rings. The van der Waals surface area contributed by atoms with Crippen molar-refractivity contribution in [3.8, 4) is 0 Å². The van der Waals surface area contributed by atoms with Gasteiger partial charge in [-0.1, -0.05) is 62.9 Å². The highest BCUT2D eigenvalue weighted by molar-refractivity contribution is 5.14. The van der Waals surface area contributed by atoms with Crippen LogP contribution in [0.5, 0.6) is 0 Å². The van der Waals surface area contributed by atoms with E-state index in [0.29, 0.717) is 6.54 Å². The van der Waals surface area contributed by atoms with E-state index in [1.807, 2.05) is 18.2 Å². The van der Waals surface area contributed by atoms with Crippen molar-refractivity contribution < 1.29 is 5.11 Å². The Labute approximate surface area is 105 Å². The van der Waals surface area contributed by atoms with E-state index in [9.17, 15) is 5.11 Å². The summed E-state index contributed by atoms with van der Waals surface area (Å²) < 4.78 is 0. The van der Waals surface area contributed by atoms with Crippen molar-refractivity contribution in [3.05, 3.63) is 35.9 Å². The Kier molecular flexibility index (Phi) is 7.69. The number of aliphatic hydroxyl groups is 1. The molecule has 0 aliphatic heterocycles. The van der Waals surface area contributed by atoms with Crippen LogP contribution in [0, 0.1) is 0 Å². The fourth-order valence-corrected chi connectivity index (χ4v) is 1.89. The van der Waals surface area contributed by atoms with Crippen LogP contribution in [0.25, 0.3) is 0 Å². The molecule has 1 aromatic rings. The number of hydrogen-bond acceptors (Lipinski definition) is 2. The van der Waals surface area contributed by atoms with Gasteiger partial charge in [0.05, 0.1) is 6.10 Å². The van der Waals surface area contributed by atoms with E-state index in [2.05, 4.69) is 24.4 Å². The second kappa shape index (κ2) is 9.20. The van der Waals surface area contributed by atoms with Crippen molar-refractivity contribution in [2.45, 2.75) is 51.7 Å². The van der Waals surface area contributed by atoms with Gasteiger partial charge in [-0.2, -0.15) is 0 Å². The molecule has 2 N–H and O–H groups in total. The predicted molar refractivity (Wildman–Crippen MR) is 72.9 cm³/mol. The van der Waals surface area contributed by atoms with Gasteiger partial charge in [-0.05, 0) is 12.0 Å². The number of unbranched alkanes of at least 4 members (excludes halogenated alkanes) is 3. The first-order chi connectivity index (χ1) is 8.33. The van der Waals surface area contributed by atoms with Gasteiger partial charge in [0.2, 0.25) is 0 Å². The number of nitrogens with one attached hydrogen (secondary N) is 1. The summed E-state index contributed by atoms with van der Waals surface area (Å²) in [6.07, 6.45) is 5.64.